The molecule has 48 valence electrons. The van der Waals surface area contributed by atoms with Gasteiger partial charge in [0.2, 0.25) is 0 Å². The number of rotatable bonds is 1. The number of hydrogen-bond acceptors (Lipinski definition) is 0. The van der Waals surface area contributed by atoms with Gasteiger partial charge < -0.3 is 0 Å². The smallest absolute Gasteiger partial charge is 0.173 e. The Morgan fingerprint density at radius 2 is 1.62 bits per heavy atom. The van der Waals surface area contributed by atoms with Crippen molar-refractivity contribution in [2.75, 3.05) is 0 Å². The van der Waals surface area contributed by atoms with Crippen molar-refractivity contribution in [3.63, 3.8) is 0 Å². The second-order valence-corrected chi connectivity index (χ2v) is 2.10. The van der Waals surface area contributed by atoms with Crippen LogP contribution in [0.4, 0.5) is 8.78 Å². The summed E-state index contributed by atoms with van der Waals surface area (Å²) in [5.41, 5.74) is 0.185. The van der Waals surface area contributed by atoms with Crippen molar-refractivity contribution in [1.29, 1.82) is 0 Å². The minimum Gasteiger partial charge on any atom is -0.173 e. The molecular weight excluding hydrogens is 110 g/mol. The number of halogens is 2. The molecule has 8 heavy (non-hydrogen) atoms. The van der Waals surface area contributed by atoms with E-state index in [1.54, 1.807) is 13.8 Å². The third kappa shape index (κ3) is 2.05. The van der Waals surface area contributed by atoms with E-state index in [1.807, 2.05) is 0 Å². The van der Waals surface area contributed by atoms with E-state index in [2.05, 4.69) is 0 Å². The van der Waals surface area contributed by atoms with E-state index < -0.39 is 6.08 Å². The predicted octanol–water partition coefficient (Wildman–Crippen LogP) is 2.81. The minimum absolute atomic E-state index is 0.0278. The van der Waals surface area contributed by atoms with Gasteiger partial charge in [-0.15, -0.1) is 0 Å². The molecule has 0 amide bonds. The molecule has 0 saturated carbocycles. The van der Waals surface area contributed by atoms with E-state index in [1.165, 1.54) is 6.92 Å². The van der Waals surface area contributed by atoms with Gasteiger partial charge in [-0.05, 0) is 18.4 Å². The van der Waals surface area contributed by atoms with E-state index in [0.717, 1.165) is 0 Å². The van der Waals surface area contributed by atoms with Crippen LogP contribution in [0.25, 0.3) is 0 Å². The average molecular weight is 120 g/mol. The molecule has 0 aliphatic carbocycles. The first-order chi connectivity index (χ1) is 3.55. The molecule has 0 aromatic carbocycles. The third-order valence-electron chi connectivity index (χ3n) is 1.16. The molecular formula is C6H10F2. The maximum Gasteiger partial charge on any atom is 0.269 e. The van der Waals surface area contributed by atoms with E-state index in [9.17, 15) is 8.78 Å². The van der Waals surface area contributed by atoms with Crippen molar-refractivity contribution in [1.82, 2.24) is 0 Å². The first-order valence-electron chi connectivity index (χ1n) is 2.57. The third-order valence-corrected chi connectivity index (χ3v) is 1.16. The molecule has 0 aromatic rings. The van der Waals surface area contributed by atoms with Gasteiger partial charge in [-0.2, -0.15) is 8.78 Å². The SMILES string of the molecule is CC(=C(F)F)C(C)C. The van der Waals surface area contributed by atoms with Gasteiger partial charge in [-0.1, -0.05) is 13.8 Å². The lowest BCUT2D eigenvalue weighted by Crippen LogP contribution is -1.88. The normalized spacial score (nSPS) is 9.75. The van der Waals surface area contributed by atoms with Crippen LogP contribution in [0.3, 0.4) is 0 Å². The zero-order valence-electron chi connectivity index (χ0n) is 5.33. The zero-order valence-corrected chi connectivity index (χ0v) is 5.33. The summed E-state index contributed by atoms with van der Waals surface area (Å²) in [6.07, 6.45) is -1.54. The highest BCUT2D eigenvalue weighted by atomic mass is 19.3. The summed E-state index contributed by atoms with van der Waals surface area (Å²) in [5, 5.41) is 0. The quantitative estimate of drug-likeness (QED) is 0.499. The van der Waals surface area contributed by atoms with Crippen LogP contribution in [0.2, 0.25) is 0 Å². The fourth-order valence-electron chi connectivity index (χ4n) is 0.218. The van der Waals surface area contributed by atoms with Crippen LogP contribution >= 0.6 is 0 Å². The maximum atomic E-state index is 11.6. The minimum atomic E-state index is -1.54. The molecule has 0 aliphatic rings. The first kappa shape index (κ1) is 7.60. The standard InChI is InChI=1S/C6H10F2/c1-4(2)5(3)6(7)8/h4H,1-3H3. The van der Waals surface area contributed by atoms with E-state index in [0.29, 0.717) is 0 Å². The fourth-order valence-corrected chi connectivity index (χ4v) is 0.218. The molecule has 0 aliphatic heterocycles. The van der Waals surface area contributed by atoms with Crippen LogP contribution in [-0.2, 0) is 0 Å². The Labute approximate surface area is 48.2 Å². The van der Waals surface area contributed by atoms with Crippen molar-refractivity contribution >= 4 is 0 Å². The van der Waals surface area contributed by atoms with Gasteiger partial charge in [0.15, 0.2) is 0 Å². The van der Waals surface area contributed by atoms with Gasteiger partial charge in [-0.3, -0.25) is 0 Å². The van der Waals surface area contributed by atoms with Crippen LogP contribution in [0.15, 0.2) is 11.7 Å². The molecule has 0 unspecified atom stereocenters. The fraction of sp³-hybridized carbons (Fsp3) is 0.667. The van der Waals surface area contributed by atoms with Gasteiger partial charge >= 0.3 is 0 Å². The van der Waals surface area contributed by atoms with Crippen LogP contribution < -0.4 is 0 Å². The summed E-state index contributed by atoms with van der Waals surface area (Å²) in [6, 6.07) is 0. The first-order valence-corrected chi connectivity index (χ1v) is 2.57. The summed E-state index contributed by atoms with van der Waals surface area (Å²) < 4.78 is 23.1. The molecule has 0 aromatic heterocycles. The summed E-state index contributed by atoms with van der Waals surface area (Å²) in [5.74, 6) is -0.0278. The van der Waals surface area contributed by atoms with Crippen molar-refractivity contribution in [3.8, 4) is 0 Å². The number of allylic oxidation sites excluding steroid dienone is 1. The lowest BCUT2D eigenvalue weighted by Gasteiger charge is -2.00. The lowest BCUT2D eigenvalue weighted by atomic mass is 10.1. The second kappa shape index (κ2) is 2.80. The van der Waals surface area contributed by atoms with Crippen molar-refractivity contribution in [2.24, 2.45) is 5.92 Å². The summed E-state index contributed by atoms with van der Waals surface area (Å²) in [4.78, 5) is 0. The molecule has 0 N–H and O–H groups in total. The molecule has 0 nitrogen and oxygen atoms in total. The van der Waals surface area contributed by atoms with E-state index >= 15 is 0 Å². The largest absolute Gasteiger partial charge is 0.269 e. The molecule has 0 saturated heterocycles. The Hall–Kier alpha value is -0.400. The van der Waals surface area contributed by atoms with Gasteiger partial charge in [0.1, 0.15) is 0 Å². The van der Waals surface area contributed by atoms with Crippen LogP contribution in [0, 0.1) is 5.92 Å². The Balaban J connectivity index is 4.00. The predicted molar refractivity (Wildman–Crippen MR) is 29.8 cm³/mol. The average Bonchev–Trinajstić information content (AvgIpc) is 1.64. The molecule has 0 atom stereocenters. The van der Waals surface area contributed by atoms with Gasteiger partial charge in [-0.25, -0.2) is 0 Å². The zero-order chi connectivity index (χ0) is 6.73. The van der Waals surface area contributed by atoms with Crippen LogP contribution in [-0.4, -0.2) is 0 Å². The van der Waals surface area contributed by atoms with Crippen LogP contribution in [0.1, 0.15) is 20.8 Å². The summed E-state index contributed by atoms with van der Waals surface area (Å²) >= 11 is 0. The van der Waals surface area contributed by atoms with Crippen LogP contribution in [0.5, 0.6) is 0 Å². The molecule has 0 fully saturated rings. The Morgan fingerprint density at radius 3 is 1.62 bits per heavy atom. The highest BCUT2D eigenvalue weighted by Crippen LogP contribution is 2.14. The second-order valence-electron chi connectivity index (χ2n) is 2.10. The molecule has 0 spiro atoms. The van der Waals surface area contributed by atoms with Gasteiger partial charge in [0.25, 0.3) is 6.08 Å². The lowest BCUT2D eigenvalue weighted by molar-refractivity contribution is 0.400. The molecule has 2 heteroatoms. The summed E-state index contributed by atoms with van der Waals surface area (Å²) in [7, 11) is 0. The highest BCUT2D eigenvalue weighted by Gasteiger charge is 2.02. The Kier molecular flexibility index (Phi) is 2.66. The summed E-state index contributed by atoms with van der Waals surface area (Å²) in [6.45, 7) is 4.93. The van der Waals surface area contributed by atoms with Gasteiger partial charge in [0.05, 0.1) is 0 Å². The van der Waals surface area contributed by atoms with Crippen molar-refractivity contribution in [3.05, 3.63) is 11.7 Å². The molecule has 0 rings (SSSR count). The van der Waals surface area contributed by atoms with E-state index in [-0.39, 0.29) is 11.5 Å². The van der Waals surface area contributed by atoms with Gasteiger partial charge in [0, 0.05) is 0 Å². The maximum absolute atomic E-state index is 11.6. The topological polar surface area (TPSA) is 0 Å². The molecule has 0 bridgehead atoms. The van der Waals surface area contributed by atoms with Crippen molar-refractivity contribution < 1.29 is 8.78 Å². The van der Waals surface area contributed by atoms with Crippen molar-refractivity contribution in [2.45, 2.75) is 20.8 Å². The number of hydrogen-bond donors (Lipinski definition) is 0. The van der Waals surface area contributed by atoms with E-state index in [4.69, 9.17) is 0 Å². The Morgan fingerprint density at radius 1 is 1.25 bits per heavy atom. The highest BCUT2D eigenvalue weighted by molar-refractivity contribution is 5.00. The Bertz CT molecular complexity index is 99.1. The monoisotopic (exact) mass is 120 g/mol. The molecule has 0 radical (unpaired) electrons. The molecule has 0 heterocycles.